The van der Waals surface area contributed by atoms with Gasteiger partial charge >= 0.3 is 5.97 Å². The zero-order valence-corrected chi connectivity index (χ0v) is 45.1. The minimum Gasteiger partial charge on any atom is -0.496 e. The third kappa shape index (κ3) is 14.1. The van der Waals surface area contributed by atoms with Crippen molar-refractivity contribution in [2.45, 2.75) is 122 Å². The molecule has 1 N–H and O–H groups in total. The fraction of sp³-hybridized carbons (Fsp3) is 0.450. The van der Waals surface area contributed by atoms with E-state index in [2.05, 4.69) is 11.9 Å². The number of imide groups is 1. The molecule has 3 aliphatic heterocycles. The Morgan fingerprint density at radius 3 is 2.13 bits per heavy atom. The first-order valence-corrected chi connectivity index (χ1v) is 26.5. The van der Waals surface area contributed by atoms with Crippen LogP contribution in [0.15, 0.2) is 85.1 Å². The summed E-state index contributed by atoms with van der Waals surface area (Å²) in [4.78, 5) is 96.1. The summed E-state index contributed by atoms with van der Waals surface area (Å²) in [5.41, 5.74) is 5.25. The second-order valence-electron chi connectivity index (χ2n) is 19.7. The van der Waals surface area contributed by atoms with Crippen LogP contribution in [-0.4, -0.2) is 117 Å². The maximum Gasteiger partial charge on any atom is 0.329 e. The minimum atomic E-state index is -0.962. The van der Waals surface area contributed by atoms with E-state index in [0.29, 0.717) is 81.0 Å². The predicted octanol–water partition coefficient (Wildman–Crippen LogP) is 8.68. The van der Waals surface area contributed by atoms with Gasteiger partial charge in [-0.15, -0.1) is 0 Å². The third-order valence-corrected chi connectivity index (χ3v) is 14.5. The van der Waals surface area contributed by atoms with Gasteiger partial charge in [0.15, 0.2) is 23.1 Å². The fourth-order valence-corrected chi connectivity index (χ4v) is 10.1. The average Bonchev–Trinajstić information content (AvgIpc) is 3.73. The number of amides is 4. The standard InChI is InChI=1S/C60H71N3O14/c1-8-46(42-32-37(2)39(4)53(34-42)72-6)57(67)62-29-10-9-17-49(62)60(70)77-50(27-20-40-21-28-51(71-5)54(33-40)73-7)41-22-24-45(25-23-41)75-35-43(64)14-12-30-74-31-13-15-44(65)36-76-52-18-11-16-47-55(52)59(69)63(58(47)68)48-26-19-38(3)61-56(48)66/h11,16,18,21-25,28,32-34,46,48-50H,3,8-10,12-15,17,19-20,26-27,29-31,35-36H2,1-2,4-7H3,(H,61,66)/t46-,48?,49-,50+/m0/s1. The van der Waals surface area contributed by atoms with Gasteiger partial charge in [-0.25, -0.2) is 4.79 Å². The van der Waals surface area contributed by atoms with Crippen molar-refractivity contribution < 1.29 is 66.7 Å². The Hall–Kier alpha value is -7.53. The van der Waals surface area contributed by atoms with Crippen molar-refractivity contribution in [1.29, 1.82) is 0 Å². The molecule has 4 atom stereocenters. The van der Waals surface area contributed by atoms with Crippen molar-refractivity contribution in [2.75, 3.05) is 54.3 Å². The highest BCUT2D eigenvalue weighted by atomic mass is 16.5. The third-order valence-electron chi connectivity index (χ3n) is 14.5. The molecule has 0 aromatic heterocycles. The van der Waals surface area contributed by atoms with E-state index in [4.69, 9.17) is 33.2 Å². The largest absolute Gasteiger partial charge is 0.496 e. The van der Waals surface area contributed by atoms with E-state index in [-0.39, 0.29) is 73.4 Å². The Balaban J connectivity index is 0.873. The number of methoxy groups -OCH3 is 3. The topological polar surface area (TPSA) is 203 Å². The SMILES string of the molecule is C=C1CCC(N2C(=O)c3cccc(OCC(=O)CCCOCCCC(=O)COc4ccc([C@@H](CCc5ccc(OC)c(OC)c5)OC(=O)[C@@H]5CCCCN5C(=O)[C@@H](CC)c5cc(C)c(C)c(OC)c5)cc4)c3C2=O)C(=O)N1. The molecule has 4 amide bonds. The number of Topliss-reactive ketones (excluding diaryl/α,β-unsaturated/α-hetero) is 2. The van der Waals surface area contributed by atoms with Gasteiger partial charge in [-0.05, 0) is 148 Å². The van der Waals surface area contributed by atoms with Gasteiger partial charge in [-0.1, -0.05) is 43.8 Å². The molecule has 0 radical (unpaired) electrons. The maximum absolute atomic E-state index is 14.4. The molecule has 4 aromatic rings. The molecule has 2 fully saturated rings. The molecule has 3 heterocycles. The maximum atomic E-state index is 14.4. The zero-order chi connectivity index (χ0) is 55.2. The predicted molar refractivity (Wildman–Crippen MR) is 286 cm³/mol. The average molecular weight is 1060 g/mol. The molecule has 3 aliphatic rings. The number of esters is 1. The van der Waals surface area contributed by atoms with Gasteiger partial charge in [-0.2, -0.15) is 0 Å². The highest BCUT2D eigenvalue weighted by Crippen LogP contribution is 2.37. The molecule has 4 aromatic carbocycles. The van der Waals surface area contributed by atoms with E-state index in [1.165, 1.54) is 12.1 Å². The normalized spacial score (nSPS) is 17.0. The number of piperidine rings is 2. The summed E-state index contributed by atoms with van der Waals surface area (Å²) in [6, 6.07) is 19.6. The number of likely N-dealkylation sites (tertiary alicyclic amines) is 1. The van der Waals surface area contributed by atoms with Crippen LogP contribution in [0.5, 0.6) is 28.7 Å². The molecule has 2 saturated heterocycles. The molecule has 17 heteroatoms. The van der Waals surface area contributed by atoms with Gasteiger partial charge in [-0.3, -0.25) is 33.7 Å². The van der Waals surface area contributed by atoms with Gasteiger partial charge in [0.1, 0.15) is 48.6 Å². The van der Waals surface area contributed by atoms with E-state index >= 15 is 0 Å². The molecule has 0 bridgehead atoms. The first-order chi connectivity index (χ1) is 37.1. The van der Waals surface area contributed by atoms with Crippen LogP contribution in [0, 0.1) is 13.8 Å². The van der Waals surface area contributed by atoms with E-state index in [1.54, 1.807) is 44.4 Å². The molecule has 1 unspecified atom stereocenters. The zero-order valence-electron chi connectivity index (χ0n) is 45.1. The van der Waals surface area contributed by atoms with Crippen LogP contribution < -0.4 is 29.0 Å². The lowest BCUT2D eigenvalue weighted by Crippen LogP contribution is -2.51. The molecule has 77 heavy (non-hydrogen) atoms. The number of carbonyl (C=O) groups is 7. The van der Waals surface area contributed by atoms with Crippen LogP contribution in [0.4, 0.5) is 0 Å². The number of nitrogens with one attached hydrogen (secondary N) is 1. The Morgan fingerprint density at radius 1 is 0.753 bits per heavy atom. The number of fused-ring (bicyclic) bond motifs is 1. The van der Waals surface area contributed by atoms with E-state index in [9.17, 15) is 33.6 Å². The second-order valence-corrected chi connectivity index (χ2v) is 19.7. The van der Waals surface area contributed by atoms with Gasteiger partial charge in [0.2, 0.25) is 11.8 Å². The van der Waals surface area contributed by atoms with Crippen molar-refractivity contribution in [3.05, 3.63) is 124 Å². The fourth-order valence-electron chi connectivity index (χ4n) is 10.1. The molecule has 0 saturated carbocycles. The number of hydrogen-bond donors (Lipinski definition) is 1. The van der Waals surface area contributed by atoms with Crippen molar-refractivity contribution >= 4 is 41.2 Å². The number of hydrogen-bond acceptors (Lipinski definition) is 14. The summed E-state index contributed by atoms with van der Waals surface area (Å²) in [5.74, 6) is -0.615. The lowest BCUT2D eigenvalue weighted by atomic mass is 9.90. The van der Waals surface area contributed by atoms with Crippen molar-refractivity contribution in [3.8, 4) is 28.7 Å². The number of allylic oxidation sites excluding steroid dienone is 1. The van der Waals surface area contributed by atoms with Gasteiger partial charge < -0.3 is 43.4 Å². The van der Waals surface area contributed by atoms with E-state index in [0.717, 1.165) is 51.3 Å². The highest BCUT2D eigenvalue weighted by Gasteiger charge is 2.45. The number of aryl methyl sites for hydroxylation is 2. The summed E-state index contributed by atoms with van der Waals surface area (Å²) in [6.45, 7) is 10.3. The second kappa shape index (κ2) is 27.0. The quantitative estimate of drug-likeness (QED) is 0.0338. The summed E-state index contributed by atoms with van der Waals surface area (Å²) in [5, 5.41) is 2.61. The Morgan fingerprint density at radius 2 is 1.45 bits per heavy atom. The molecule has 410 valence electrons. The van der Waals surface area contributed by atoms with Crippen molar-refractivity contribution in [2.24, 2.45) is 0 Å². The monoisotopic (exact) mass is 1060 g/mol. The molecular weight excluding hydrogens is 987 g/mol. The Bertz CT molecular complexity index is 2830. The summed E-state index contributed by atoms with van der Waals surface area (Å²) in [7, 11) is 4.78. The lowest BCUT2D eigenvalue weighted by molar-refractivity contribution is -0.162. The molecular formula is C60H71N3O14. The molecule has 7 rings (SSSR count). The Labute approximate surface area is 450 Å². The number of nitrogens with zero attached hydrogens (tertiary/aromatic N) is 2. The van der Waals surface area contributed by atoms with Crippen LogP contribution in [0.3, 0.4) is 0 Å². The first-order valence-electron chi connectivity index (χ1n) is 26.5. The van der Waals surface area contributed by atoms with Gasteiger partial charge in [0, 0.05) is 38.3 Å². The Kier molecular flexibility index (Phi) is 20.0. The molecule has 0 aliphatic carbocycles. The summed E-state index contributed by atoms with van der Waals surface area (Å²) >= 11 is 0. The van der Waals surface area contributed by atoms with E-state index < -0.39 is 47.8 Å². The van der Waals surface area contributed by atoms with Crippen LogP contribution >= 0.6 is 0 Å². The smallest absolute Gasteiger partial charge is 0.329 e. The number of ether oxygens (including phenoxy) is 7. The highest BCUT2D eigenvalue weighted by molar-refractivity contribution is 6.24. The summed E-state index contributed by atoms with van der Waals surface area (Å²) < 4.78 is 40.3. The summed E-state index contributed by atoms with van der Waals surface area (Å²) in [6.07, 6.45) is 4.83. The minimum absolute atomic E-state index is 0.0298. The molecule has 17 nitrogen and oxygen atoms in total. The van der Waals surface area contributed by atoms with Crippen molar-refractivity contribution in [1.82, 2.24) is 15.1 Å². The van der Waals surface area contributed by atoms with E-state index in [1.807, 2.05) is 63.2 Å². The number of ketones is 2. The van der Waals surface area contributed by atoms with Crippen molar-refractivity contribution in [3.63, 3.8) is 0 Å². The van der Waals surface area contributed by atoms with Crippen LogP contribution in [0.1, 0.15) is 138 Å². The number of rotatable bonds is 27. The van der Waals surface area contributed by atoms with Crippen LogP contribution in [0.2, 0.25) is 0 Å². The number of carbonyl (C=O) groups excluding carboxylic acids is 7. The molecule has 0 spiro atoms. The first kappa shape index (κ1) is 57.2. The van der Waals surface area contributed by atoms with Gasteiger partial charge in [0.05, 0.1) is 38.4 Å². The van der Waals surface area contributed by atoms with Gasteiger partial charge in [0.25, 0.3) is 11.8 Å². The lowest BCUT2D eigenvalue weighted by Gasteiger charge is -2.37. The van der Waals surface area contributed by atoms with Crippen LogP contribution in [-0.2, 0) is 39.9 Å². The number of benzene rings is 4. The van der Waals surface area contributed by atoms with Crippen LogP contribution in [0.25, 0.3) is 0 Å².